The Balaban J connectivity index is 1.26. The molecule has 0 bridgehead atoms. The van der Waals surface area contributed by atoms with Crippen LogP contribution in [0.4, 0.5) is 11.6 Å². The highest BCUT2D eigenvalue weighted by Gasteiger charge is 2.25. The lowest BCUT2D eigenvalue weighted by Gasteiger charge is -2.30. The number of aromatic nitrogens is 6. The SMILES string of the molecule is c1cnc(NC2CCC(Oc3nc(N4CCOCC4)cc4ncnn34)CC2)cn1. The van der Waals surface area contributed by atoms with Gasteiger partial charge in [0.05, 0.1) is 19.4 Å². The van der Waals surface area contributed by atoms with Gasteiger partial charge in [-0.1, -0.05) is 0 Å². The molecule has 1 saturated carbocycles. The van der Waals surface area contributed by atoms with Gasteiger partial charge >= 0.3 is 6.01 Å². The molecule has 0 spiro atoms. The molecule has 5 rings (SSSR count). The summed E-state index contributed by atoms with van der Waals surface area (Å²) in [6.07, 6.45) is 10.7. The molecule has 152 valence electrons. The first-order valence-electron chi connectivity index (χ1n) is 10.1. The summed E-state index contributed by atoms with van der Waals surface area (Å²) in [5.41, 5.74) is 0.745. The van der Waals surface area contributed by atoms with Crippen LogP contribution < -0.4 is 15.0 Å². The zero-order valence-electron chi connectivity index (χ0n) is 16.1. The Kier molecular flexibility index (Phi) is 5.08. The van der Waals surface area contributed by atoms with Gasteiger partial charge < -0.3 is 19.7 Å². The molecule has 1 saturated heterocycles. The highest BCUT2D eigenvalue weighted by Crippen LogP contribution is 2.26. The summed E-state index contributed by atoms with van der Waals surface area (Å²) >= 11 is 0. The van der Waals surface area contributed by atoms with Gasteiger partial charge in [-0.2, -0.15) is 14.6 Å². The Labute approximate surface area is 168 Å². The minimum atomic E-state index is 0.106. The lowest BCUT2D eigenvalue weighted by Crippen LogP contribution is -2.37. The van der Waals surface area contributed by atoms with Crippen molar-refractivity contribution in [2.75, 3.05) is 36.5 Å². The number of hydrogen-bond donors (Lipinski definition) is 1. The predicted octanol–water partition coefficient (Wildman–Crippen LogP) is 1.55. The maximum atomic E-state index is 6.29. The second kappa shape index (κ2) is 8.16. The van der Waals surface area contributed by atoms with Crippen molar-refractivity contribution in [2.45, 2.75) is 37.8 Å². The standard InChI is InChI=1S/C19H24N8O2/c1-3-15(4-2-14(1)24-16-12-20-5-6-21-16)29-19-25-18(26-7-9-28-10-8-26)11-17-22-13-23-27(17)19/h5-6,11-15H,1-4,7-10H2,(H,21,24). The molecule has 0 atom stereocenters. The molecule has 29 heavy (non-hydrogen) atoms. The van der Waals surface area contributed by atoms with Crippen LogP contribution in [0.2, 0.25) is 0 Å². The minimum Gasteiger partial charge on any atom is -0.460 e. The molecule has 1 N–H and O–H groups in total. The summed E-state index contributed by atoms with van der Waals surface area (Å²) in [5, 5.41) is 7.74. The molecule has 2 aliphatic rings. The fraction of sp³-hybridized carbons (Fsp3) is 0.526. The van der Waals surface area contributed by atoms with E-state index >= 15 is 0 Å². The Morgan fingerprint density at radius 3 is 2.72 bits per heavy atom. The van der Waals surface area contributed by atoms with Crippen LogP contribution in [-0.2, 0) is 4.74 Å². The summed E-state index contributed by atoms with van der Waals surface area (Å²) in [6, 6.07) is 2.84. The van der Waals surface area contributed by atoms with E-state index in [1.165, 1.54) is 6.33 Å². The summed E-state index contributed by atoms with van der Waals surface area (Å²) in [4.78, 5) is 19.7. The number of hydrogen-bond acceptors (Lipinski definition) is 9. The molecule has 2 fully saturated rings. The van der Waals surface area contributed by atoms with Crippen LogP contribution in [0.3, 0.4) is 0 Å². The predicted molar refractivity (Wildman–Crippen MR) is 106 cm³/mol. The summed E-state index contributed by atoms with van der Waals surface area (Å²) in [7, 11) is 0. The highest BCUT2D eigenvalue weighted by atomic mass is 16.5. The van der Waals surface area contributed by atoms with E-state index in [9.17, 15) is 0 Å². The van der Waals surface area contributed by atoms with Crippen molar-refractivity contribution in [3.05, 3.63) is 31.0 Å². The Hall–Kier alpha value is -3.01. The number of ether oxygens (including phenoxy) is 2. The van der Waals surface area contributed by atoms with Crippen LogP contribution in [0, 0.1) is 0 Å². The van der Waals surface area contributed by atoms with Gasteiger partial charge in [0.2, 0.25) is 0 Å². The van der Waals surface area contributed by atoms with Gasteiger partial charge in [-0.15, -0.1) is 0 Å². The third-order valence-corrected chi connectivity index (χ3v) is 5.42. The second-order valence-electron chi connectivity index (χ2n) is 7.35. The number of anilines is 2. The third-order valence-electron chi connectivity index (χ3n) is 5.42. The van der Waals surface area contributed by atoms with Crippen LogP contribution in [0.1, 0.15) is 25.7 Å². The lowest BCUT2D eigenvalue weighted by molar-refractivity contribution is 0.121. The largest absolute Gasteiger partial charge is 0.460 e. The zero-order valence-corrected chi connectivity index (χ0v) is 16.1. The summed E-state index contributed by atoms with van der Waals surface area (Å²) < 4.78 is 13.4. The smallest absolute Gasteiger partial charge is 0.321 e. The summed E-state index contributed by atoms with van der Waals surface area (Å²) in [5.74, 6) is 1.68. The van der Waals surface area contributed by atoms with Crippen LogP contribution in [0.25, 0.3) is 5.65 Å². The monoisotopic (exact) mass is 396 g/mol. The molecule has 0 aromatic carbocycles. The molecular formula is C19H24N8O2. The minimum absolute atomic E-state index is 0.106. The van der Waals surface area contributed by atoms with Gasteiger partial charge in [-0.05, 0) is 25.7 Å². The van der Waals surface area contributed by atoms with Gasteiger partial charge in [0.25, 0.3) is 0 Å². The zero-order chi connectivity index (χ0) is 19.5. The van der Waals surface area contributed by atoms with Crippen LogP contribution in [-0.4, -0.2) is 68.0 Å². The van der Waals surface area contributed by atoms with Crippen molar-refractivity contribution >= 4 is 17.3 Å². The van der Waals surface area contributed by atoms with Crippen molar-refractivity contribution in [1.82, 2.24) is 29.5 Å². The molecule has 4 heterocycles. The average Bonchev–Trinajstić information content (AvgIpc) is 3.26. The number of morpholine rings is 1. The first-order valence-corrected chi connectivity index (χ1v) is 10.1. The van der Waals surface area contributed by atoms with Crippen molar-refractivity contribution in [3.8, 4) is 6.01 Å². The van der Waals surface area contributed by atoms with E-state index in [1.807, 2.05) is 6.07 Å². The van der Waals surface area contributed by atoms with Crippen LogP contribution in [0.15, 0.2) is 31.0 Å². The normalized spacial score (nSPS) is 22.6. The molecule has 0 radical (unpaired) electrons. The van der Waals surface area contributed by atoms with E-state index < -0.39 is 0 Å². The number of nitrogens with zero attached hydrogens (tertiary/aromatic N) is 7. The summed E-state index contributed by atoms with van der Waals surface area (Å²) in [6.45, 7) is 3.04. The highest BCUT2D eigenvalue weighted by molar-refractivity contribution is 5.52. The van der Waals surface area contributed by atoms with E-state index in [1.54, 1.807) is 23.1 Å². The number of nitrogens with one attached hydrogen (secondary N) is 1. The molecule has 10 heteroatoms. The lowest BCUT2D eigenvalue weighted by atomic mass is 9.93. The molecule has 3 aromatic rings. The van der Waals surface area contributed by atoms with Gasteiger partial charge in [-0.3, -0.25) is 4.98 Å². The van der Waals surface area contributed by atoms with Crippen LogP contribution >= 0.6 is 0 Å². The van der Waals surface area contributed by atoms with Gasteiger partial charge in [-0.25, -0.2) is 9.97 Å². The van der Waals surface area contributed by atoms with E-state index in [4.69, 9.17) is 14.5 Å². The first-order chi connectivity index (χ1) is 14.3. The Bertz CT molecular complexity index is 936. The van der Waals surface area contributed by atoms with Crippen molar-refractivity contribution in [1.29, 1.82) is 0 Å². The van der Waals surface area contributed by atoms with Gasteiger partial charge in [0.15, 0.2) is 5.65 Å². The van der Waals surface area contributed by atoms with Gasteiger partial charge in [0.1, 0.15) is 24.1 Å². The van der Waals surface area contributed by atoms with Crippen molar-refractivity contribution < 1.29 is 9.47 Å². The molecule has 10 nitrogen and oxygen atoms in total. The fourth-order valence-corrected chi connectivity index (χ4v) is 3.88. The second-order valence-corrected chi connectivity index (χ2v) is 7.35. The Morgan fingerprint density at radius 2 is 1.93 bits per heavy atom. The van der Waals surface area contributed by atoms with E-state index in [2.05, 4.69) is 30.3 Å². The fourth-order valence-electron chi connectivity index (χ4n) is 3.88. The molecule has 0 unspecified atom stereocenters. The maximum absolute atomic E-state index is 6.29. The van der Waals surface area contributed by atoms with E-state index in [0.29, 0.717) is 25.3 Å². The van der Waals surface area contributed by atoms with E-state index in [0.717, 1.165) is 56.1 Å². The topological polar surface area (TPSA) is 103 Å². The number of fused-ring (bicyclic) bond motifs is 1. The van der Waals surface area contributed by atoms with Gasteiger partial charge in [0, 0.05) is 37.6 Å². The number of rotatable bonds is 5. The average molecular weight is 396 g/mol. The third kappa shape index (κ3) is 4.07. The Morgan fingerprint density at radius 1 is 1.07 bits per heavy atom. The van der Waals surface area contributed by atoms with Crippen LogP contribution in [0.5, 0.6) is 6.01 Å². The van der Waals surface area contributed by atoms with Crippen molar-refractivity contribution in [3.63, 3.8) is 0 Å². The molecular weight excluding hydrogens is 372 g/mol. The van der Waals surface area contributed by atoms with Crippen molar-refractivity contribution in [2.24, 2.45) is 0 Å². The first kappa shape index (κ1) is 18.0. The molecule has 1 aliphatic heterocycles. The van der Waals surface area contributed by atoms with E-state index in [-0.39, 0.29) is 6.10 Å². The maximum Gasteiger partial charge on any atom is 0.321 e. The quantitative estimate of drug-likeness (QED) is 0.688. The molecule has 1 aliphatic carbocycles. The molecule has 3 aromatic heterocycles. The molecule has 0 amide bonds.